The highest BCUT2D eigenvalue weighted by Gasteiger charge is 2.25. The van der Waals surface area contributed by atoms with Gasteiger partial charge in [-0.15, -0.1) is 0 Å². The van der Waals surface area contributed by atoms with E-state index in [9.17, 15) is 9.50 Å². The molecule has 0 spiro atoms. The van der Waals surface area contributed by atoms with Crippen molar-refractivity contribution in [1.29, 1.82) is 0 Å². The number of nitrogens with two attached hydrogens (primary N) is 1. The molecule has 2 heterocycles. The quantitative estimate of drug-likeness (QED) is 0.823. The van der Waals surface area contributed by atoms with Gasteiger partial charge in [0.25, 0.3) is 0 Å². The second kappa shape index (κ2) is 6.76. The number of aromatic nitrogens is 2. The number of rotatable bonds is 5. The van der Waals surface area contributed by atoms with Crippen LogP contribution >= 0.6 is 0 Å². The van der Waals surface area contributed by atoms with E-state index in [0.29, 0.717) is 22.6 Å². The van der Waals surface area contributed by atoms with Crippen LogP contribution in [0.2, 0.25) is 0 Å². The van der Waals surface area contributed by atoms with E-state index in [2.05, 4.69) is 30.9 Å². The first kappa shape index (κ1) is 17.6. The lowest BCUT2D eigenvalue weighted by atomic mass is 9.87. The average molecular weight is 321 g/mol. The summed E-state index contributed by atoms with van der Waals surface area (Å²) in [7, 11) is 0. The molecule has 23 heavy (non-hydrogen) atoms. The Balaban J connectivity index is 2.42. The van der Waals surface area contributed by atoms with Crippen molar-refractivity contribution in [3.05, 3.63) is 35.2 Å². The molecule has 126 valence electrons. The lowest BCUT2D eigenvalue weighted by Crippen LogP contribution is -2.15. The van der Waals surface area contributed by atoms with Gasteiger partial charge in [-0.2, -0.15) is 4.39 Å². The lowest BCUT2D eigenvalue weighted by molar-refractivity contribution is 0.274. The Hall–Kier alpha value is -1.79. The fourth-order valence-corrected chi connectivity index (χ4v) is 2.54. The summed E-state index contributed by atoms with van der Waals surface area (Å²) < 4.78 is 19.3. The Labute approximate surface area is 135 Å². The van der Waals surface area contributed by atoms with Gasteiger partial charge < -0.3 is 15.4 Å². The van der Waals surface area contributed by atoms with Crippen LogP contribution in [-0.2, 0) is 6.61 Å². The van der Waals surface area contributed by atoms with E-state index < -0.39 is 12.6 Å². The highest BCUT2D eigenvalue weighted by Crippen LogP contribution is 2.36. The minimum Gasteiger partial charge on any atom is -0.391 e. The summed E-state index contributed by atoms with van der Waals surface area (Å²) in [4.78, 5) is 3.58. The highest BCUT2D eigenvalue weighted by atomic mass is 19.1. The topological polar surface area (TPSA) is 85.2 Å². The number of hydrogen-bond donors (Lipinski definition) is 2. The molecule has 0 aromatic carbocycles. The molecular weight excluding hydrogens is 297 g/mol. The third kappa shape index (κ3) is 3.95. The number of halogens is 1. The molecule has 5 nitrogen and oxygen atoms in total. The molecule has 2 aromatic rings. The van der Waals surface area contributed by atoms with Crippen LogP contribution in [-0.4, -0.2) is 15.2 Å². The molecular formula is C17H24FN3O2. The van der Waals surface area contributed by atoms with Crippen molar-refractivity contribution in [3.8, 4) is 11.1 Å². The average Bonchev–Trinajstić information content (AvgIpc) is 2.85. The first-order valence-corrected chi connectivity index (χ1v) is 7.71. The van der Waals surface area contributed by atoms with Crippen LogP contribution in [0.1, 0.15) is 56.7 Å². The molecule has 0 aliphatic heterocycles. The Kier molecular flexibility index (Phi) is 5.16. The molecule has 0 amide bonds. The Morgan fingerprint density at radius 2 is 2.09 bits per heavy atom. The van der Waals surface area contributed by atoms with Gasteiger partial charge in [0.15, 0.2) is 5.76 Å². The fraction of sp³-hybridized carbons (Fsp3) is 0.529. The second-order valence-electron chi connectivity index (χ2n) is 7.00. The standard InChI is InChI=1S/C17H24FN3O2/c1-10-14(11-6-8-20-16(18)12(11)9-22)15(23-21-10)13(19)5-7-17(2,3)4/h6,8,13,22H,5,7,9,19H2,1-4H3/t13-/m0/s1. The van der Waals surface area contributed by atoms with Crippen molar-refractivity contribution in [2.24, 2.45) is 11.1 Å². The first-order chi connectivity index (χ1) is 10.7. The van der Waals surface area contributed by atoms with Gasteiger partial charge in [-0.05, 0) is 36.8 Å². The van der Waals surface area contributed by atoms with Gasteiger partial charge in [-0.1, -0.05) is 25.9 Å². The van der Waals surface area contributed by atoms with Crippen molar-refractivity contribution in [1.82, 2.24) is 10.1 Å². The summed E-state index contributed by atoms with van der Waals surface area (Å²) in [5.74, 6) is -0.174. The Morgan fingerprint density at radius 1 is 1.39 bits per heavy atom. The van der Waals surface area contributed by atoms with Gasteiger partial charge in [0.1, 0.15) is 0 Å². The van der Waals surface area contributed by atoms with Crippen LogP contribution in [0.5, 0.6) is 0 Å². The van der Waals surface area contributed by atoms with Crippen LogP contribution in [0.15, 0.2) is 16.8 Å². The van der Waals surface area contributed by atoms with Crippen LogP contribution < -0.4 is 5.73 Å². The molecule has 0 aliphatic rings. The molecule has 1 atom stereocenters. The molecule has 0 saturated heterocycles. The summed E-state index contributed by atoms with van der Waals surface area (Å²) in [5.41, 5.74) is 8.36. The van der Waals surface area contributed by atoms with E-state index in [1.165, 1.54) is 6.20 Å². The number of aliphatic hydroxyl groups excluding tert-OH is 1. The van der Waals surface area contributed by atoms with Crippen LogP contribution in [0.4, 0.5) is 4.39 Å². The number of pyridine rings is 1. The van der Waals surface area contributed by atoms with Crippen LogP contribution in [0, 0.1) is 18.3 Å². The molecule has 0 aliphatic carbocycles. The van der Waals surface area contributed by atoms with Gasteiger partial charge in [0, 0.05) is 17.3 Å². The summed E-state index contributed by atoms with van der Waals surface area (Å²) in [6.45, 7) is 7.77. The molecule has 0 radical (unpaired) electrons. The number of hydrogen-bond acceptors (Lipinski definition) is 5. The number of aliphatic hydroxyl groups is 1. The van der Waals surface area contributed by atoms with Gasteiger partial charge in [-0.25, -0.2) is 4.98 Å². The van der Waals surface area contributed by atoms with E-state index in [-0.39, 0.29) is 17.0 Å². The van der Waals surface area contributed by atoms with E-state index in [1.54, 1.807) is 13.0 Å². The SMILES string of the molecule is Cc1noc([C@@H](N)CCC(C)(C)C)c1-c1ccnc(F)c1CO. The normalized spacial score (nSPS) is 13.3. The van der Waals surface area contributed by atoms with Crippen molar-refractivity contribution in [3.63, 3.8) is 0 Å². The predicted octanol–water partition coefficient (Wildman–Crippen LogP) is 3.50. The summed E-state index contributed by atoms with van der Waals surface area (Å²) in [6, 6.07) is 1.31. The maximum Gasteiger partial charge on any atom is 0.218 e. The van der Waals surface area contributed by atoms with E-state index in [1.807, 2.05) is 0 Å². The summed E-state index contributed by atoms with van der Waals surface area (Å²) in [5, 5.41) is 13.5. The maximum absolute atomic E-state index is 13.9. The van der Waals surface area contributed by atoms with Crippen molar-refractivity contribution >= 4 is 0 Å². The smallest absolute Gasteiger partial charge is 0.218 e. The molecule has 2 aromatic heterocycles. The molecule has 3 N–H and O–H groups in total. The van der Waals surface area contributed by atoms with Crippen LogP contribution in [0.3, 0.4) is 0 Å². The zero-order valence-corrected chi connectivity index (χ0v) is 14.1. The molecule has 0 unspecified atom stereocenters. The van der Waals surface area contributed by atoms with Gasteiger partial charge in [0.05, 0.1) is 18.3 Å². The van der Waals surface area contributed by atoms with Gasteiger partial charge >= 0.3 is 0 Å². The monoisotopic (exact) mass is 321 g/mol. The van der Waals surface area contributed by atoms with Crippen LogP contribution in [0.25, 0.3) is 11.1 Å². The Morgan fingerprint density at radius 3 is 2.70 bits per heavy atom. The minimum atomic E-state index is -0.695. The first-order valence-electron chi connectivity index (χ1n) is 7.71. The van der Waals surface area contributed by atoms with Crippen molar-refractivity contribution in [2.75, 3.05) is 0 Å². The highest BCUT2D eigenvalue weighted by molar-refractivity contribution is 5.71. The zero-order valence-electron chi connectivity index (χ0n) is 14.1. The number of aryl methyl sites for hydroxylation is 1. The van der Waals surface area contributed by atoms with Crippen molar-refractivity contribution < 1.29 is 14.0 Å². The summed E-state index contributed by atoms with van der Waals surface area (Å²) in [6.07, 6.45) is 3.01. The largest absolute Gasteiger partial charge is 0.391 e. The number of nitrogens with zero attached hydrogens (tertiary/aromatic N) is 2. The Bertz CT molecular complexity index is 677. The minimum absolute atomic E-state index is 0.128. The summed E-state index contributed by atoms with van der Waals surface area (Å²) >= 11 is 0. The fourth-order valence-electron chi connectivity index (χ4n) is 2.54. The van der Waals surface area contributed by atoms with E-state index >= 15 is 0 Å². The van der Waals surface area contributed by atoms with Gasteiger partial charge in [-0.3, -0.25) is 0 Å². The van der Waals surface area contributed by atoms with Crippen molar-refractivity contribution in [2.45, 2.75) is 53.2 Å². The zero-order chi connectivity index (χ0) is 17.2. The molecule has 0 fully saturated rings. The van der Waals surface area contributed by atoms with E-state index in [4.69, 9.17) is 10.3 Å². The molecule has 0 bridgehead atoms. The van der Waals surface area contributed by atoms with E-state index in [0.717, 1.165) is 12.8 Å². The second-order valence-corrected chi connectivity index (χ2v) is 7.00. The predicted molar refractivity (Wildman–Crippen MR) is 86.0 cm³/mol. The molecule has 0 saturated carbocycles. The maximum atomic E-state index is 13.9. The third-order valence-corrected chi connectivity index (χ3v) is 3.86. The molecule has 2 rings (SSSR count). The lowest BCUT2D eigenvalue weighted by Gasteiger charge is -2.20. The third-order valence-electron chi connectivity index (χ3n) is 3.86. The molecule has 6 heteroatoms. The van der Waals surface area contributed by atoms with Gasteiger partial charge in [0.2, 0.25) is 5.95 Å².